The molecular formula is C19H14Cl3N3O3. The van der Waals surface area contributed by atoms with Gasteiger partial charge in [0, 0.05) is 5.02 Å². The number of amides is 4. The van der Waals surface area contributed by atoms with E-state index in [-0.39, 0.29) is 15.7 Å². The number of halogens is 3. The van der Waals surface area contributed by atoms with Gasteiger partial charge in [-0.3, -0.25) is 14.5 Å². The fourth-order valence-electron chi connectivity index (χ4n) is 3.72. The van der Waals surface area contributed by atoms with Gasteiger partial charge in [-0.25, -0.2) is 4.79 Å². The molecule has 2 aromatic rings. The summed E-state index contributed by atoms with van der Waals surface area (Å²) < 4.78 is 0. The molecule has 28 heavy (non-hydrogen) atoms. The zero-order valence-corrected chi connectivity index (χ0v) is 16.7. The zero-order chi connectivity index (χ0) is 20.1. The van der Waals surface area contributed by atoms with Crippen LogP contribution < -0.4 is 10.6 Å². The summed E-state index contributed by atoms with van der Waals surface area (Å²) in [4.78, 5) is 38.9. The number of imide groups is 1. The van der Waals surface area contributed by atoms with Gasteiger partial charge in [-0.05, 0) is 36.1 Å². The van der Waals surface area contributed by atoms with E-state index in [2.05, 4.69) is 10.6 Å². The Labute approximate surface area is 175 Å². The van der Waals surface area contributed by atoms with E-state index >= 15 is 0 Å². The summed E-state index contributed by atoms with van der Waals surface area (Å²) >= 11 is 18.0. The van der Waals surface area contributed by atoms with Crippen molar-refractivity contribution in [3.63, 3.8) is 0 Å². The number of aryl methyl sites for hydroxylation is 1. The molecule has 1 saturated heterocycles. The third kappa shape index (κ3) is 3.02. The predicted molar refractivity (Wildman–Crippen MR) is 107 cm³/mol. The summed E-state index contributed by atoms with van der Waals surface area (Å²) in [6.07, 6.45) is 1.14. The highest BCUT2D eigenvalue weighted by molar-refractivity contribution is 6.42. The molecule has 2 aromatic carbocycles. The lowest BCUT2D eigenvalue weighted by atomic mass is 9.92. The van der Waals surface area contributed by atoms with Crippen LogP contribution in [0.2, 0.25) is 15.1 Å². The van der Waals surface area contributed by atoms with Gasteiger partial charge in [0.15, 0.2) is 0 Å². The number of carbonyl (C=O) groups excluding carboxylic acids is 3. The second-order valence-electron chi connectivity index (χ2n) is 6.68. The average molecular weight is 439 g/mol. The summed E-state index contributed by atoms with van der Waals surface area (Å²) in [7, 11) is 0. The zero-order valence-electron chi connectivity index (χ0n) is 14.4. The summed E-state index contributed by atoms with van der Waals surface area (Å²) in [5.41, 5.74) is 0.858. The number of nitrogens with one attached hydrogen (secondary N) is 2. The van der Waals surface area contributed by atoms with Gasteiger partial charge in [-0.1, -0.05) is 59.1 Å². The highest BCUT2D eigenvalue weighted by Gasteiger charge is 2.55. The number of nitrogens with zero attached hydrogens (tertiary/aromatic N) is 1. The van der Waals surface area contributed by atoms with Crippen LogP contribution >= 0.6 is 34.8 Å². The van der Waals surface area contributed by atoms with E-state index in [9.17, 15) is 14.4 Å². The second kappa shape index (κ2) is 6.95. The molecule has 4 amide bonds. The molecule has 1 aliphatic carbocycles. The number of rotatable bonds is 3. The molecule has 1 unspecified atom stereocenters. The fraction of sp³-hybridized carbons (Fsp3) is 0.211. The van der Waals surface area contributed by atoms with Gasteiger partial charge in [0.2, 0.25) is 5.91 Å². The molecule has 1 atom stereocenters. The molecule has 1 spiro atoms. The standard InChI is InChI=1S/C19H14Cl3N3O3/c20-11-7-13(21)16(14(22)8-11)23-15(26)9-25-17(27)19(24-18(25)28)6-5-10-3-1-2-4-12(10)19/h1-4,7-8H,5-6,9H2,(H,23,26)(H,24,28). The minimum absolute atomic E-state index is 0.157. The van der Waals surface area contributed by atoms with Crippen molar-refractivity contribution in [3.05, 3.63) is 62.6 Å². The number of fused-ring (bicyclic) bond motifs is 2. The van der Waals surface area contributed by atoms with Crippen LogP contribution in [0.3, 0.4) is 0 Å². The minimum Gasteiger partial charge on any atom is -0.322 e. The summed E-state index contributed by atoms with van der Waals surface area (Å²) in [5, 5.41) is 5.95. The highest BCUT2D eigenvalue weighted by Crippen LogP contribution is 2.41. The molecule has 1 heterocycles. The molecule has 0 aromatic heterocycles. The minimum atomic E-state index is -1.11. The van der Waals surface area contributed by atoms with Crippen LogP contribution in [0, 0.1) is 0 Å². The topological polar surface area (TPSA) is 78.5 Å². The van der Waals surface area contributed by atoms with Crippen molar-refractivity contribution >= 4 is 58.3 Å². The van der Waals surface area contributed by atoms with E-state index in [1.807, 2.05) is 24.3 Å². The first-order valence-electron chi connectivity index (χ1n) is 8.49. The van der Waals surface area contributed by atoms with Gasteiger partial charge in [0.05, 0.1) is 15.7 Å². The van der Waals surface area contributed by atoms with Crippen molar-refractivity contribution in [3.8, 4) is 0 Å². The Morgan fingerprint density at radius 1 is 1.14 bits per heavy atom. The summed E-state index contributed by atoms with van der Waals surface area (Å²) in [6.45, 7) is -0.454. The van der Waals surface area contributed by atoms with E-state index < -0.39 is 29.9 Å². The Balaban J connectivity index is 1.54. The van der Waals surface area contributed by atoms with Gasteiger partial charge in [0.25, 0.3) is 5.91 Å². The van der Waals surface area contributed by atoms with Crippen molar-refractivity contribution in [2.45, 2.75) is 18.4 Å². The van der Waals surface area contributed by atoms with Gasteiger partial charge < -0.3 is 10.6 Å². The summed E-state index contributed by atoms with van der Waals surface area (Å²) in [6, 6.07) is 9.74. The van der Waals surface area contributed by atoms with Crippen LogP contribution in [0.15, 0.2) is 36.4 Å². The maximum Gasteiger partial charge on any atom is 0.325 e. The number of urea groups is 1. The monoisotopic (exact) mass is 437 g/mol. The SMILES string of the molecule is O=C(CN1C(=O)NC2(CCc3ccccc32)C1=O)Nc1c(Cl)cc(Cl)cc1Cl. The smallest absolute Gasteiger partial charge is 0.322 e. The number of anilines is 1. The molecule has 1 fully saturated rings. The first-order valence-corrected chi connectivity index (χ1v) is 9.62. The lowest BCUT2D eigenvalue weighted by Crippen LogP contribution is -2.43. The van der Waals surface area contributed by atoms with E-state index in [0.29, 0.717) is 17.9 Å². The number of hydrogen-bond acceptors (Lipinski definition) is 3. The van der Waals surface area contributed by atoms with Crippen molar-refractivity contribution in [2.75, 3.05) is 11.9 Å². The molecule has 4 rings (SSSR count). The molecule has 0 saturated carbocycles. The first kappa shape index (κ1) is 19.1. The van der Waals surface area contributed by atoms with Crippen molar-refractivity contribution < 1.29 is 14.4 Å². The number of benzene rings is 2. The summed E-state index contributed by atoms with van der Waals surface area (Å²) in [5.74, 6) is -1.04. The number of carbonyl (C=O) groups is 3. The molecule has 0 bridgehead atoms. The molecule has 1 aliphatic heterocycles. The van der Waals surface area contributed by atoms with Crippen LogP contribution in [0.25, 0.3) is 0 Å². The molecule has 144 valence electrons. The largest absolute Gasteiger partial charge is 0.325 e. The predicted octanol–water partition coefficient (Wildman–Crippen LogP) is 3.98. The third-order valence-electron chi connectivity index (χ3n) is 5.00. The lowest BCUT2D eigenvalue weighted by molar-refractivity contribution is -0.134. The van der Waals surface area contributed by atoms with Gasteiger partial charge in [0.1, 0.15) is 12.1 Å². The van der Waals surface area contributed by atoms with Crippen molar-refractivity contribution in [2.24, 2.45) is 0 Å². The van der Waals surface area contributed by atoms with E-state index in [4.69, 9.17) is 34.8 Å². The Hall–Kier alpha value is -2.28. The average Bonchev–Trinajstić information content (AvgIpc) is 3.12. The van der Waals surface area contributed by atoms with Crippen LogP contribution in [0.4, 0.5) is 10.5 Å². The fourth-order valence-corrected chi connectivity index (χ4v) is 4.63. The first-order chi connectivity index (χ1) is 13.3. The van der Waals surface area contributed by atoms with E-state index in [1.54, 1.807) is 0 Å². The maximum atomic E-state index is 13.1. The van der Waals surface area contributed by atoms with Crippen LogP contribution in [0.1, 0.15) is 17.5 Å². The van der Waals surface area contributed by atoms with Crippen molar-refractivity contribution in [1.82, 2.24) is 10.2 Å². The Morgan fingerprint density at radius 2 is 1.82 bits per heavy atom. The highest BCUT2D eigenvalue weighted by atomic mass is 35.5. The molecule has 2 aliphatic rings. The number of hydrogen-bond donors (Lipinski definition) is 2. The molecular weight excluding hydrogens is 425 g/mol. The Morgan fingerprint density at radius 3 is 2.54 bits per heavy atom. The normalized spacial score (nSPS) is 20.5. The van der Waals surface area contributed by atoms with E-state index in [1.165, 1.54) is 12.1 Å². The molecule has 2 N–H and O–H groups in total. The van der Waals surface area contributed by atoms with Crippen LogP contribution in [-0.4, -0.2) is 29.3 Å². The second-order valence-corrected chi connectivity index (χ2v) is 7.93. The molecule has 6 nitrogen and oxygen atoms in total. The van der Waals surface area contributed by atoms with E-state index in [0.717, 1.165) is 16.0 Å². The van der Waals surface area contributed by atoms with Crippen molar-refractivity contribution in [1.29, 1.82) is 0 Å². The van der Waals surface area contributed by atoms with Gasteiger partial charge in [-0.15, -0.1) is 0 Å². The van der Waals surface area contributed by atoms with Gasteiger partial charge in [-0.2, -0.15) is 0 Å². The molecule has 9 heteroatoms. The van der Waals surface area contributed by atoms with Crippen LogP contribution in [0.5, 0.6) is 0 Å². The van der Waals surface area contributed by atoms with Gasteiger partial charge >= 0.3 is 6.03 Å². The Kier molecular flexibility index (Phi) is 4.73. The Bertz CT molecular complexity index is 1000. The third-order valence-corrected chi connectivity index (χ3v) is 5.81. The van der Waals surface area contributed by atoms with Crippen LogP contribution in [-0.2, 0) is 21.5 Å². The quantitative estimate of drug-likeness (QED) is 0.712. The molecule has 0 radical (unpaired) electrons. The lowest BCUT2D eigenvalue weighted by Gasteiger charge is -2.22. The maximum absolute atomic E-state index is 13.1.